The number of carbonyl (C=O) groups excluding carboxylic acids is 1. The van der Waals surface area contributed by atoms with E-state index in [0.717, 1.165) is 44.2 Å². The van der Waals surface area contributed by atoms with E-state index in [9.17, 15) is 4.79 Å². The Balaban J connectivity index is 1.24. The van der Waals surface area contributed by atoms with Crippen LogP contribution in [0.5, 0.6) is 0 Å². The summed E-state index contributed by atoms with van der Waals surface area (Å²) in [5, 5.41) is 0. The lowest BCUT2D eigenvalue weighted by atomic mass is 9.93. The van der Waals surface area contributed by atoms with Crippen molar-refractivity contribution < 1.29 is 4.79 Å². The molecule has 2 saturated heterocycles. The standard InChI is InChI=1S/C23H30N4O/c1-25(22-12-18-27(23(22)28)21-5-3-2-4-6-21)15-9-19-10-16-26(17-11-19)20-7-13-24-14-8-20/h2-8,13-14,19,22H,9-12,15-18H2,1H3. The van der Waals surface area contributed by atoms with Gasteiger partial charge in [-0.1, -0.05) is 18.2 Å². The van der Waals surface area contributed by atoms with Crippen molar-refractivity contribution in [2.24, 2.45) is 5.92 Å². The number of likely N-dealkylation sites (N-methyl/N-ethyl adjacent to an activating group) is 1. The van der Waals surface area contributed by atoms with Crippen LogP contribution in [0.1, 0.15) is 25.7 Å². The van der Waals surface area contributed by atoms with E-state index in [-0.39, 0.29) is 11.9 Å². The van der Waals surface area contributed by atoms with Gasteiger partial charge in [-0.3, -0.25) is 14.7 Å². The Morgan fingerprint density at radius 3 is 2.39 bits per heavy atom. The molecule has 28 heavy (non-hydrogen) atoms. The molecule has 2 aromatic rings. The van der Waals surface area contributed by atoms with Gasteiger partial charge in [-0.25, -0.2) is 0 Å². The summed E-state index contributed by atoms with van der Waals surface area (Å²) < 4.78 is 0. The molecule has 5 heteroatoms. The van der Waals surface area contributed by atoms with E-state index < -0.39 is 0 Å². The summed E-state index contributed by atoms with van der Waals surface area (Å²) in [6.07, 6.45) is 8.29. The fraction of sp³-hybridized carbons (Fsp3) is 0.478. The summed E-state index contributed by atoms with van der Waals surface area (Å²) in [5.41, 5.74) is 2.30. The first kappa shape index (κ1) is 18.9. The second kappa shape index (κ2) is 8.74. The van der Waals surface area contributed by atoms with Gasteiger partial charge < -0.3 is 9.80 Å². The summed E-state index contributed by atoms with van der Waals surface area (Å²) in [7, 11) is 2.11. The van der Waals surface area contributed by atoms with Crippen molar-refractivity contribution in [3.05, 3.63) is 54.9 Å². The maximum atomic E-state index is 12.9. The van der Waals surface area contributed by atoms with Crippen LogP contribution in [0.15, 0.2) is 54.9 Å². The zero-order valence-electron chi connectivity index (χ0n) is 16.7. The minimum absolute atomic E-state index is 0.0251. The van der Waals surface area contributed by atoms with Crippen LogP contribution in [0.2, 0.25) is 0 Å². The minimum Gasteiger partial charge on any atom is -0.371 e. The number of aromatic nitrogens is 1. The molecule has 2 fully saturated rings. The van der Waals surface area contributed by atoms with Gasteiger partial charge in [0.1, 0.15) is 0 Å². The van der Waals surface area contributed by atoms with Crippen molar-refractivity contribution >= 4 is 17.3 Å². The van der Waals surface area contributed by atoms with Crippen LogP contribution < -0.4 is 9.80 Å². The summed E-state index contributed by atoms with van der Waals surface area (Å²) in [6.45, 7) is 4.05. The zero-order valence-corrected chi connectivity index (χ0v) is 16.7. The fourth-order valence-electron chi connectivity index (χ4n) is 4.51. The third kappa shape index (κ3) is 4.20. The van der Waals surface area contributed by atoms with Gasteiger partial charge in [-0.05, 0) is 69.5 Å². The number of pyridine rings is 1. The van der Waals surface area contributed by atoms with Crippen molar-refractivity contribution in [3.8, 4) is 0 Å². The van der Waals surface area contributed by atoms with Crippen LogP contribution in [0.4, 0.5) is 11.4 Å². The molecule has 1 amide bonds. The van der Waals surface area contributed by atoms with E-state index in [1.807, 2.05) is 47.6 Å². The lowest BCUT2D eigenvalue weighted by Gasteiger charge is -2.34. The van der Waals surface area contributed by atoms with E-state index in [0.29, 0.717) is 0 Å². The highest BCUT2D eigenvalue weighted by molar-refractivity contribution is 5.99. The highest BCUT2D eigenvalue weighted by atomic mass is 16.2. The van der Waals surface area contributed by atoms with Crippen LogP contribution in [-0.2, 0) is 4.79 Å². The van der Waals surface area contributed by atoms with Gasteiger partial charge in [-0.15, -0.1) is 0 Å². The zero-order chi connectivity index (χ0) is 19.3. The molecule has 0 spiro atoms. The van der Waals surface area contributed by atoms with Crippen molar-refractivity contribution in [2.75, 3.05) is 43.0 Å². The number of amides is 1. The quantitative estimate of drug-likeness (QED) is 0.772. The van der Waals surface area contributed by atoms with E-state index in [1.165, 1.54) is 24.9 Å². The summed E-state index contributed by atoms with van der Waals surface area (Å²) in [5.74, 6) is 1.00. The summed E-state index contributed by atoms with van der Waals surface area (Å²) in [6, 6.07) is 14.3. The highest BCUT2D eigenvalue weighted by Gasteiger charge is 2.35. The molecule has 1 aromatic heterocycles. The number of rotatable bonds is 6. The molecule has 1 aromatic carbocycles. The topological polar surface area (TPSA) is 39.7 Å². The summed E-state index contributed by atoms with van der Waals surface area (Å²) >= 11 is 0. The van der Waals surface area contributed by atoms with Crippen molar-refractivity contribution in [3.63, 3.8) is 0 Å². The van der Waals surface area contributed by atoms with E-state index in [2.05, 4.69) is 34.0 Å². The highest BCUT2D eigenvalue weighted by Crippen LogP contribution is 2.27. The van der Waals surface area contributed by atoms with Crippen LogP contribution in [0.25, 0.3) is 0 Å². The van der Waals surface area contributed by atoms with Gasteiger partial charge in [0.05, 0.1) is 6.04 Å². The maximum Gasteiger partial charge on any atom is 0.244 e. The largest absolute Gasteiger partial charge is 0.371 e. The number of carbonyl (C=O) groups is 1. The molecule has 0 saturated carbocycles. The number of benzene rings is 1. The van der Waals surface area contributed by atoms with Gasteiger partial charge in [0, 0.05) is 43.4 Å². The molecule has 0 radical (unpaired) electrons. The molecule has 3 heterocycles. The minimum atomic E-state index is 0.0251. The third-order valence-electron chi connectivity index (χ3n) is 6.31. The molecule has 1 atom stereocenters. The Morgan fingerprint density at radius 1 is 0.964 bits per heavy atom. The number of piperidine rings is 1. The molecule has 1 unspecified atom stereocenters. The second-order valence-electron chi connectivity index (χ2n) is 8.04. The Kier molecular flexibility index (Phi) is 5.91. The van der Waals surface area contributed by atoms with Crippen LogP contribution >= 0.6 is 0 Å². The monoisotopic (exact) mass is 378 g/mol. The Bertz CT molecular complexity index is 759. The maximum absolute atomic E-state index is 12.9. The van der Waals surface area contributed by atoms with Gasteiger partial charge in [0.25, 0.3) is 0 Å². The molecular weight excluding hydrogens is 348 g/mol. The first-order valence-electron chi connectivity index (χ1n) is 10.4. The molecule has 5 nitrogen and oxygen atoms in total. The van der Waals surface area contributed by atoms with Gasteiger partial charge in [0.2, 0.25) is 5.91 Å². The molecule has 148 valence electrons. The van der Waals surface area contributed by atoms with Crippen LogP contribution in [0.3, 0.4) is 0 Å². The molecule has 4 rings (SSSR count). The molecular formula is C23H30N4O. The summed E-state index contributed by atoms with van der Waals surface area (Å²) in [4.78, 5) is 23.7. The first-order valence-corrected chi connectivity index (χ1v) is 10.4. The first-order chi connectivity index (χ1) is 13.7. The average Bonchev–Trinajstić information content (AvgIpc) is 3.15. The Morgan fingerprint density at radius 2 is 1.68 bits per heavy atom. The van der Waals surface area contributed by atoms with E-state index in [4.69, 9.17) is 0 Å². The molecule has 2 aliphatic rings. The lowest BCUT2D eigenvalue weighted by molar-refractivity contribution is -0.121. The molecule has 0 N–H and O–H groups in total. The average molecular weight is 379 g/mol. The lowest BCUT2D eigenvalue weighted by Crippen LogP contribution is -2.41. The van der Waals surface area contributed by atoms with E-state index >= 15 is 0 Å². The number of hydrogen-bond donors (Lipinski definition) is 0. The normalized spacial score (nSPS) is 20.9. The van der Waals surface area contributed by atoms with Gasteiger partial charge in [0.15, 0.2) is 0 Å². The predicted octanol–water partition coefficient (Wildman–Crippen LogP) is 3.43. The van der Waals surface area contributed by atoms with Gasteiger partial charge >= 0.3 is 0 Å². The predicted molar refractivity (Wildman–Crippen MR) is 114 cm³/mol. The van der Waals surface area contributed by atoms with Gasteiger partial charge in [-0.2, -0.15) is 0 Å². The Labute approximate surface area is 168 Å². The number of anilines is 2. The number of para-hydroxylation sites is 1. The van der Waals surface area contributed by atoms with Crippen molar-refractivity contribution in [1.29, 1.82) is 0 Å². The fourth-order valence-corrected chi connectivity index (χ4v) is 4.51. The second-order valence-corrected chi connectivity index (χ2v) is 8.04. The number of nitrogens with zero attached hydrogens (tertiary/aromatic N) is 4. The SMILES string of the molecule is CN(CCC1CCN(c2ccncc2)CC1)C1CCN(c2ccccc2)C1=O. The van der Waals surface area contributed by atoms with Crippen LogP contribution in [-0.4, -0.2) is 55.1 Å². The number of hydrogen-bond acceptors (Lipinski definition) is 4. The van der Waals surface area contributed by atoms with E-state index in [1.54, 1.807) is 0 Å². The molecule has 2 aliphatic heterocycles. The molecule has 0 bridgehead atoms. The smallest absolute Gasteiger partial charge is 0.244 e. The van der Waals surface area contributed by atoms with Crippen molar-refractivity contribution in [1.82, 2.24) is 9.88 Å². The Hall–Kier alpha value is -2.40. The van der Waals surface area contributed by atoms with Crippen molar-refractivity contribution in [2.45, 2.75) is 31.7 Å². The van der Waals surface area contributed by atoms with Crippen LogP contribution in [0, 0.1) is 5.92 Å². The third-order valence-corrected chi connectivity index (χ3v) is 6.31. The molecule has 0 aliphatic carbocycles.